The summed E-state index contributed by atoms with van der Waals surface area (Å²) in [4.78, 5) is 0.988. The Morgan fingerprint density at radius 1 is 1.41 bits per heavy atom. The lowest BCUT2D eigenvalue weighted by atomic mass is 10.1. The van der Waals surface area contributed by atoms with Crippen molar-refractivity contribution in [2.75, 3.05) is 0 Å². The topological polar surface area (TPSA) is 38.0 Å². The Hall–Kier alpha value is -0.750. The van der Waals surface area contributed by atoms with Gasteiger partial charge in [0.05, 0.1) is 9.83 Å². The molecular formula is C12H12BrFN2S. The van der Waals surface area contributed by atoms with E-state index in [0.29, 0.717) is 5.56 Å². The molecule has 90 valence electrons. The first-order valence-electron chi connectivity index (χ1n) is 5.10. The average molecular weight is 315 g/mol. The second-order valence-electron chi connectivity index (χ2n) is 3.73. The molecule has 17 heavy (non-hydrogen) atoms. The van der Waals surface area contributed by atoms with Gasteiger partial charge in [0.1, 0.15) is 5.82 Å². The van der Waals surface area contributed by atoms with Crippen molar-refractivity contribution < 1.29 is 4.39 Å². The Kier molecular flexibility index (Phi) is 3.93. The summed E-state index contributed by atoms with van der Waals surface area (Å²) in [5.74, 6) is 5.29. The van der Waals surface area contributed by atoms with E-state index in [2.05, 4.69) is 21.4 Å². The molecule has 1 unspecified atom stereocenters. The van der Waals surface area contributed by atoms with Crippen molar-refractivity contribution in [2.24, 2.45) is 5.84 Å². The van der Waals surface area contributed by atoms with Gasteiger partial charge in [-0.25, -0.2) is 9.82 Å². The van der Waals surface area contributed by atoms with Gasteiger partial charge in [0.15, 0.2) is 0 Å². The number of benzene rings is 1. The third-order valence-electron chi connectivity index (χ3n) is 2.54. The van der Waals surface area contributed by atoms with Gasteiger partial charge in [0, 0.05) is 10.4 Å². The third-order valence-corrected chi connectivity index (χ3v) is 4.75. The second kappa shape index (κ2) is 5.27. The third kappa shape index (κ3) is 2.57. The molecule has 0 aliphatic heterocycles. The van der Waals surface area contributed by atoms with Gasteiger partial charge in [-0.05, 0) is 40.5 Å². The van der Waals surface area contributed by atoms with E-state index in [1.807, 2.05) is 13.0 Å². The SMILES string of the molecule is Cc1cc(C(NN)c2ccccc2F)sc1Br. The molecule has 0 amide bonds. The van der Waals surface area contributed by atoms with E-state index >= 15 is 0 Å². The minimum absolute atomic E-state index is 0.252. The largest absolute Gasteiger partial charge is 0.271 e. The van der Waals surface area contributed by atoms with Crippen LogP contribution in [0.3, 0.4) is 0 Å². The molecule has 0 aliphatic rings. The lowest BCUT2D eigenvalue weighted by molar-refractivity contribution is 0.564. The van der Waals surface area contributed by atoms with E-state index in [1.165, 1.54) is 6.07 Å². The van der Waals surface area contributed by atoms with Crippen LogP contribution in [0.15, 0.2) is 34.1 Å². The Bertz CT molecular complexity index is 507. The summed E-state index contributed by atoms with van der Waals surface area (Å²) in [6, 6.07) is 8.34. The van der Waals surface area contributed by atoms with E-state index in [4.69, 9.17) is 5.84 Å². The van der Waals surface area contributed by atoms with Crippen LogP contribution in [0.1, 0.15) is 22.0 Å². The van der Waals surface area contributed by atoms with Gasteiger partial charge in [-0.15, -0.1) is 11.3 Å². The molecule has 1 atom stereocenters. The minimum Gasteiger partial charge on any atom is -0.271 e. The summed E-state index contributed by atoms with van der Waals surface area (Å²) in [6.45, 7) is 2.00. The highest BCUT2D eigenvalue weighted by molar-refractivity contribution is 9.11. The molecule has 0 aliphatic carbocycles. The highest BCUT2D eigenvalue weighted by Crippen LogP contribution is 2.34. The summed E-state index contributed by atoms with van der Waals surface area (Å²) >= 11 is 5.02. The van der Waals surface area contributed by atoms with Gasteiger partial charge < -0.3 is 0 Å². The van der Waals surface area contributed by atoms with Crippen molar-refractivity contribution in [3.63, 3.8) is 0 Å². The fourth-order valence-electron chi connectivity index (χ4n) is 1.66. The Morgan fingerprint density at radius 2 is 2.12 bits per heavy atom. The van der Waals surface area contributed by atoms with E-state index < -0.39 is 0 Å². The summed E-state index contributed by atoms with van der Waals surface area (Å²) in [7, 11) is 0. The van der Waals surface area contributed by atoms with Crippen LogP contribution in [-0.4, -0.2) is 0 Å². The Labute approximate surface area is 112 Å². The molecule has 2 rings (SSSR count). The van der Waals surface area contributed by atoms with Crippen molar-refractivity contribution in [2.45, 2.75) is 13.0 Å². The van der Waals surface area contributed by atoms with Crippen molar-refractivity contribution in [1.82, 2.24) is 5.43 Å². The number of nitrogens with one attached hydrogen (secondary N) is 1. The first-order chi connectivity index (χ1) is 8.13. The molecule has 0 saturated heterocycles. The maximum absolute atomic E-state index is 13.7. The summed E-state index contributed by atoms with van der Waals surface area (Å²) in [5, 5.41) is 0. The standard InChI is InChI=1S/C12H12BrFN2S/c1-7-6-10(17-12(7)13)11(16-15)8-4-2-3-5-9(8)14/h2-6,11,16H,15H2,1H3. The lowest BCUT2D eigenvalue weighted by Gasteiger charge is -2.15. The van der Waals surface area contributed by atoms with Gasteiger partial charge >= 0.3 is 0 Å². The van der Waals surface area contributed by atoms with Gasteiger partial charge in [-0.2, -0.15) is 0 Å². The fraction of sp³-hybridized carbons (Fsp3) is 0.167. The number of nitrogens with two attached hydrogens (primary N) is 1. The highest BCUT2D eigenvalue weighted by Gasteiger charge is 2.18. The Balaban J connectivity index is 2.44. The predicted octanol–water partition coefficient (Wildman–Crippen LogP) is 3.51. The van der Waals surface area contributed by atoms with Crippen LogP contribution < -0.4 is 11.3 Å². The molecule has 1 heterocycles. The van der Waals surface area contributed by atoms with Crippen molar-refractivity contribution in [3.8, 4) is 0 Å². The molecule has 0 spiro atoms. The van der Waals surface area contributed by atoms with Gasteiger partial charge in [-0.3, -0.25) is 5.84 Å². The Morgan fingerprint density at radius 3 is 2.65 bits per heavy atom. The summed E-state index contributed by atoms with van der Waals surface area (Å²) in [5.41, 5.74) is 4.35. The highest BCUT2D eigenvalue weighted by atomic mass is 79.9. The molecule has 3 N–H and O–H groups in total. The molecule has 0 radical (unpaired) electrons. The van der Waals surface area contributed by atoms with Crippen LogP contribution in [0.4, 0.5) is 4.39 Å². The zero-order chi connectivity index (χ0) is 12.4. The van der Waals surface area contributed by atoms with Crippen LogP contribution >= 0.6 is 27.3 Å². The van der Waals surface area contributed by atoms with Crippen molar-refractivity contribution >= 4 is 27.3 Å². The fourth-order valence-corrected chi connectivity index (χ4v) is 3.31. The first kappa shape index (κ1) is 12.7. The first-order valence-corrected chi connectivity index (χ1v) is 6.71. The molecule has 1 aromatic carbocycles. The molecule has 0 bridgehead atoms. The van der Waals surface area contributed by atoms with Crippen LogP contribution in [-0.2, 0) is 0 Å². The zero-order valence-electron chi connectivity index (χ0n) is 9.21. The van der Waals surface area contributed by atoms with Crippen LogP contribution in [0, 0.1) is 12.7 Å². The van der Waals surface area contributed by atoms with Crippen LogP contribution in [0.25, 0.3) is 0 Å². The number of thiophene rings is 1. The lowest BCUT2D eigenvalue weighted by Crippen LogP contribution is -2.28. The number of hydrogen-bond acceptors (Lipinski definition) is 3. The van der Waals surface area contributed by atoms with E-state index in [-0.39, 0.29) is 11.9 Å². The number of hydrazine groups is 1. The molecular weight excluding hydrogens is 303 g/mol. The minimum atomic E-state index is -0.314. The quantitative estimate of drug-likeness (QED) is 0.672. The average Bonchev–Trinajstić information content (AvgIpc) is 2.63. The number of aryl methyl sites for hydroxylation is 1. The van der Waals surface area contributed by atoms with E-state index in [0.717, 1.165) is 14.2 Å². The smallest absolute Gasteiger partial charge is 0.128 e. The van der Waals surface area contributed by atoms with Gasteiger partial charge in [0.2, 0.25) is 0 Å². The predicted molar refractivity (Wildman–Crippen MR) is 72.3 cm³/mol. The summed E-state index contributed by atoms with van der Waals surface area (Å²) in [6.07, 6.45) is 0. The van der Waals surface area contributed by atoms with Gasteiger partial charge in [-0.1, -0.05) is 18.2 Å². The maximum atomic E-state index is 13.7. The number of halogens is 2. The molecule has 0 fully saturated rings. The maximum Gasteiger partial charge on any atom is 0.128 e. The normalized spacial score (nSPS) is 12.7. The molecule has 2 nitrogen and oxygen atoms in total. The van der Waals surface area contributed by atoms with Gasteiger partial charge in [0.25, 0.3) is 0 Å². The molecule has 5 heteroatoms. The van der Waals surface area contributed by atoms with Crippen LogP contribution in [0.5, 0.6) is 0 Å². The molecule has 0 saturated carbocycles. The molecule has 1 aromatic heterocycles. The van der Waals surface area contributed by atoms with Crippen molar-refractivity contribution in [1.29, 1.82) is 0 Å². The van der Waals surface area contributed by atoms with E-state index in [1.54, 1.807) is 29.5 Å². The van der Waals surface area contributed by atoms with Crippen LogP contribution in [0.2, 0.25) is 0 Å². The van der Waals surface area contributed by atoms with Crippen molar-refractivity contribution in [3.05, 3.63) is 55.9 Å². The second-order valence-corrected chi connectivity index (χ2v) is 6.13. The molecule has 2 aromatic rings. The summed E-state index contributed by atoms with van der Waals surface area (Å²) < 4.78 is 14.8. The number of hydrogen-bond donors (Lipinski definition) is 2. The zero-order valence-corrected chi connectivity index (χ0v) is 11.6. The monoisotopic (exact) mass is 314 g/mol. The number of rotatable bonds is 3. The van der Waals surface area contributed by atoms with E-state index in [9.17, 15) is 4.39 Å².